The van der Waals surface area contributed by atoms with E-state index in [1.165, 1.54) is 12.1 Å². The number of carbonyl (C=O) groups is 5. The number of alkyl halides is 3. The van der Waals surface area contributed by atoms with Crippen molar-refractivity contribution in [1.82, 2.24) is 15.1 Å². The second-order valence-electron chi connectivity index (χ2n) is 15.0. The van der Waals surface area contributed by atoms with Crippen LogP contribution in [-0.2, 0) is 36.6 Å². The van der Waals surface area contributed by atoms with Gasteiger partial charge in [-0.1, -0.05) is 32.0 Å². The minimum atomic E-state index is -4.74. The fourth-order valence-electron chi connectivity index (χ4n) is 7.21. The highest BCUT2D eigenvalue weighted by molar-refractivity contribution is 6.24. The number of hydrogen-bond acceptors (Lipinski definition) is 11. The van der Waals surface area contributed by atoms with Gasteiger partial charge in [0, 0.05) is 43.8 Å². The fraction of sp³-hybridized carbons (Fsp3) is 0.429. The molecule has 59 heavy (non-hydrogen) atoms. The second-order valence-corrected chi connectivity index (χ2v) is 15.0. The third kappa shape index (κ3) is 10.0. The quantitative estimate of drug-likeness (QED) is 0.129. The van der Waals surface area contributed by atoms with Crippen molar-refractivity contribution in [2.45, 2.75) is 64.4 Å². The Kier molecular flexibility index (Phi) is 13.2. The summed E-state index contributed by atoms with van der Waals surface area (Å²) in [6, 6.07) is 15.9. The van der Waals surface area contributed by atoms with E-state index in [0.29, 0.717) is 39.5 Å². The Morgan fingerprint density at radius 2 is 1.64 bits per heavy atom. The number of nitriles is 1. The number of amides is 5. The smallest absolute Gasteiger partial charge is 0.417 e. The van der Waals surface area contributed by atoms with Gasteiger partial charge < -0.3 is 29.2 Å². The Balaban J connectivity index is 0.837. The first kappa shape index (κ1) is 42.6. The molecule has 0 bridgehead atoms. The lowest BCUT2D eigenvalue weighted by Gasteiger charge is -2.27. The molecule has 14 nitrogen and oxygen atoms in total. The summed E-state index contributed by atoms with van der Waals surface area (Å²) in [5.74, 6) is -2.61. The fourth-order valence-corrected chi connectivity index (χ4v) is 7.21. The van der Waals surface area contributed by atoms with Crippen molar-refractivity contribution in [2.75, 3.05) is 51.4 Å². The number of halogens is 3. The molecular formula is C42H44F3N5O9. The molecule has 2 saturated heterocycles. The zero-order chi connectivity index (χ0) is 42.3. The number of likely N-dealkylation sites (tertiary alicyclic amines) is 1. The summed E-state index contributed by atoms with van der Waals surface area (Å²) in [4.78, 5) is 65.9. The summed E-state index contributed by atoms with van der Waals surface area (Å²) in [6.45, 7) is 6.59. The van der Waals surface area contributed by atoms with Gasteiger partial charge in [0.05, 0.1) is 48.1 Å². The molecule has 0 saturated carbocycles. The Morgan fingerprint density at radius 1 is 0.915 bits per heavy atom. The topological polar surface area (TPSA) is 177 Å². The van der Waals surface area contributed by atoms with Gasteiger partial charge in [0.1, 0.15) is 24.1 Å². The maximum Gasteiger partial charge on any atom is 0.417 e. The van der Waals surface area contributed by atoms with Crippen molar-refractivity contribution in [2.24, 2.45) is 5.41 Å². The van der Waals surface area contributed by atoms with Crippen LogP contribution in [0.5, 0.6) is 11.5 Å². The van der Waals surface area contributed by atoms with Crippen molar-refractivity contribution in [3.63, 3.8) is 0 Å². The molecule has 2 atom stereocenters. The SMILES string of the molecule is CC1(C)CN(Cc2ccc(NCCCCOCCOCCOc3cccc4c3C(=O)N(C3CCC(=O)NC3=O)C4=O)cc2)C(=O)C1Oc1ccc(C#N)c(C(F)(F)F)c1. The second kappa shape index (κ2) is 18.3. The lowest BCUT2D eigenvalue weighted by Crippen LogP contribution is -2.54. The average molecular weight is 820 g/mol. The van der Waals surface area contributed by atoms with E-state index >= 15 is 0 Å². The third-order valence-corrected chi connectivity index (χ3v) is 10.2. The van der Waals surface area contributed by atoms with Gasteiger partial charge in [0.2, 0.25) is 11.8 Å². The predicted octanol–water partition coefficient (Wildman–Crippen LogP) is 5.10. The van der Waals surface area contributed by atoms with Crippen LogP contribution in [0, 0.1) is 16.7 Å². The van der Waals surface area contributed by atoms with E-state index in [-0.39, 0.29) is 54.6 Å². The molecule has 2 unspecified atom stereocenters. The van der Waals surface area contributed by atoms with Crippen LogP contribution in [0.3, 0.4) is 0 Å². The molecule has 5 amide bonds. The van der Waals surface area contributed by atoms with Gasteiger partial charge in [-0.25, -0.2) is 0 Å². The first-order valence-electron chi connectivity index (χ1n) is 19.2. The third-order valence-electron chi connectivity index (χ3n) is 10.2. The summed E-state index contributed by atoms with van der Waals surface area (Å²) in [5, 5.41) is 14.6. The van der Waals surface area contributed by atoms with Crippen LogP contribution >= 0.6 is 0 Å². The Morgan fingerprint density at radius 3 is 2.36 bits per heavy atom. The Labute approximate surface area is 338 Å². The largest absolute Gasteiger partial charge is 0.490 e. The molecular weight excluding hydrogens is 775 g/mol. The molecule has 0 spiro atoms. The number of unbranched alkanes of at least 4 members (excludes halogenated alkanes) is 1. The molecule has 3 aliphatic rings. The maximum absolute atomic E-state index is 13.5. The summed E-state index contributed by atoms with van der Waals surface area (Å²) < 4.78 is 63.3. The van der Waals surface area contributed by atoms with Crippen molar-refractivity contribution in [3.05, 3.63) is 88.5 Å². The number of benzene rings is 3. The van der Waals surface area contributed by atoms with Crippen molar-refractivity contribution >= 4 is 35.2 Å². The van der Waals surface area contributed by atoms with Crippen LogP contribution < -0.4 is 20.1 Å². The van der Waals surface area contributed by atoms with Crippen molar-refractivity contribution < 1.29 is 56.1 Å². The van der Waals surface area contributed by atoms with E-state index in [0.717, 1.165) is 41.1 Å². The van der Waals surface area contributed by atoms with Crippen LogP contribution in [0.4, 0.5) is 18.9 Å². The number of hydrogen-bond donors (Lipinski definition) is 2. The molecule has 0 aromatic heterocycles. The van der Waals surface area contributed by atoms with Gasteiger partial charge in [0.25, 0.3) is 17.7 Å². The number of carbonyl (C=O) groups excluding carboxylic acids is 5. The van der Waals surface area contributed by atoms with E-state index in [4.69, 9.17) is 24.2 Å². The summed E-state index contributed by atoms with van der Waals surface area (Å²) in [5.41, 5.74) is -0.294. The van der Waals surface area contributed by atoms with E-state index in [1.54, 1.807) is 23.1 Å². The van der Waals surface area contributed by atoms with Crippen LogP contribution in [-0.4, -0.2) is 97.6 Å². The first-order chi connectivity index (χ1) is 28.2. The summed E-state index contributed by atoms with van der Waals surface area (Å²) >= 11 is 0. The van der Waals surface area contributed by atoms with Crippen LogP contribution in [0.1, 0.15) is 76.9 Å². The average Bonchev–Trinajstić information content (AvgIpc) is 3.57. The Bertz CT molecular complexity index is 2120. The first-order valence-corrected chi connectivity index (χ1v) is 19.2. The molecule has 3 aromatic carbocycles. The number of nitrogens with zero attached hydrogens (tertiary/aromatic N) is 3. The maximum atomic E-state index is 13.5. The highest BCUT2D eigenvalue weighted by atomic mass is 19.4. The predicted molar refractivity (Wildman–Crippen MR) is 204 cm³/mol. The van der Waals surface area contributed by atoms with Gasteiger partial charge in [-0.05, 0) is 67.3 Å². The standard InChI is InChI=1S/C42H44F3N5O9/c1-41(2)25-49(40(55)36(41)59-29-13-10-27(23-46)31(22-29)42(43,44)45)24-26-8-11-28(12-9-26)47-16-3-4-17-56-18-19-57-20-21-58-33-7-5-6-30-35(33)39(54)50(38(30)53)32-14-15-34(51)48-37(32)52/h5-13,22,32,36,47H,3-4,14-21,24-25H2,1-2H3,(H,48,51,52). The number of nitrogens with one attached hydrogen (secondary N) is 2. The molecule has 17 heteroatoms. The molecule has 0 radical (unpaired) electrons. The molecule has 3 aromatic rings. The molecule has 312 valence electrons. The molecule has 3 heterocycles. The molecule has 3 aliphatic heterocycles. The molecule has 2 N–H and O–H groups in total. The molecule has 0 aliphatic carbocycles. The zero-order valence-corrected chi connectivity index (χ0v) is 32.6. The summed E-state index contributed by atoms with van der Waals surface area (Å²) in [6.07, 6.45) is -3.98. The van der Waals surface area contributed by atoms with E-state index in [2.05, 4.69) is 10.6 Å². The lowest BCUT2D eigenvalue weighted by atomic mass is 9.89. The lowest BCUT2D eigenvalue weighted by molar-refractivity contribution is -0.138. The van der Waals surface area contributed by atoms with Gasteiger partial charge in [-0.2, -0.15) is 18.4 Å². The number of ether oxygens (including phenoxy) is 4. The van der Waals surface area contributed by atoms with Gasteiger partial charge in [0.15, 0.2) is 6.10 Å². The minimum absolute atomic E-state index is 0.0333. The Hall–Kier alpha value is -5.99. The zero-order valence-electron chi connectivity index (χ0n) is 32.6. The number of rotatable bonds is 18. The van der Waals surface area contributed by atoms with Gasteiger partial charge >= 0.3 is 6.18 Å². The van der Waals surface area contributed by atoms with E-state index < -0.39 is 58.5 Å². The summed E-state index contributed by atoms with van der Waals surface area (Å²) in [7, 11) is 0. The van der Waals surface area contributed by atoms with Crippen molar-refractivity contribution in [1.29, 1.82) is 5.26 Å². The van der Waals surface area contributed by atoms with Gasteiger partial charge in [-0.3, -0.25) is 34.2 Å². The van der Waals surface area contributed by atoms with Crippen LogP contribution in [0.15, 0.2) is 60.7 Å². The highest BCUT2D eigenvalue weighted by Crippen LogP contribution is 2.38. The monoisotopic (exact) mass is 819 g/mol. The normalized spacial score (nSPS) is 18.8. The highest BCUT2D eigenvalue weighted by Gasteiger charge is 2.49. The molecule has 6 rings (SSSR count). The number of anilines is 1. The van der Waals surface area contributed by atoms with Gasteiger partial charge in [-0.15, -0.1) is 0 Å². The number of fused-ring (bicyclic) bond motifs is 1. The number of imide groups is 2. The van der Waals surface area contributed by atoms with E-state index in [1.807, 2.05) is 38.1 Å². The van der Waals surface area contributed by atoms with Crippen LogP contribution in [0.25, 0.3) is 0 Å². The van der Waals surface area contributed by atoms with E-state index in [9.17, 15) is 37.1 Å². The number of piperidine rings is 1. The minimum Gasteiger partial charge on any atom is -0.490 e. The molecule has 2 fully saturated rings. The van der Waals surface area contributed by atoms with Crippen molar-refractivity contribution in [3.8, 4) is 17.6 Å². The van der Waals surface area contributed by atoms with Crippen LogP contribution in [0.2, 0.25) is 0 Å².